The standard InChI is InChI=1S/C17H22N4O3/c22-17(19-16-3-1-2-15-18-6-7-21(15)16)14-5-4-13(24-14)12-20-8-10-23-11-9-20/h1-3,6-7,13-14H,4-5,8-12H2,(H,19,22)/t13-,14+/m1/s1. The van der Waals surface area contributed by atoms with Crippen molar-refractivity contribution in [3.8, 4) is 0 Å². The van der Waals surface area contributed by atoms with Gasteiger partial charge in [-0.15, -0.1) is 0 Å². The second-order valence-corrected chi connectivity index (χ2v) is 6.29. The Kier molecular flexibility index (Phi) is 4.46. The molecule has 0 aromatic carbocycles. The Labute approximate surface area is 140 Å². The molecule has 0 unspecified atom stereocenters. The molecule has 1 N–H and O–H groups in total. The van der Waals surface area contributed by atoms with Gasteiger partial charge in [0.2, 0.25) is 0 Å². The second kappa shape index (κ2) is 6.88. The third kappa shape index (κ3) is 3.28. The minimum atomic E-state index is -0.380. The number of amides is 1. The lowest BCUT2D eigenvalue weighted by Gasteiger charge is -2.28. The van der Waals surface area contributed by atoms with Crippen LogP contribution in [0.15, 0.2) is 30.6 Å². The van der Waals surface area contributed by atoms with Gasteiger partial charge >= 0.3 is 0 Å². The normalized spacial score (nSPS) is 25.2. The monoisotopic (exact) mass is 330 g/mol. The van der Waals surface area contributed by atoms with Crippen molar-refractivity contribution in [2.24, 2.45) is 0 Å². The molecule has 7 heteroatoms. The number of carbonyl (C=O) groups is 1. The Hall–Kier alpha value is -1.96. The summed E-state index contributed by atoms with van der Waals surface area (Å²) in [5.74, 6) is 0.635. The van der Waals surface area contributed by atoms with Crippen LogP contribution in [-0.2, 0) is 14.3 Å². The molecule has 0 bridgehead atoms. The van der Waals surface area contributed by atoms with Gasteiger partial charge in [-0.2, -0.15) is 0 Å². The lowest BCUT2D eigenvalue weighted by atomic mass is 10.1. The van der Waals surface area contributed by atoms with E-state index >= 15 is 0 Å². The summed E-state index contributed by atoms with van der Waals surface area (Å²) in [4.78, 5) is 19.1. The highest BCUT2D eigenvalue weighted by Crippen LogP contribution is 2.22. The first-order valence-corrected chi connectivity index (χ1v) is 8.48. The number of imidazole rings is 1. The van der Waals surface area contributed by atoms with Crippen LogP contribution in [0.2, 0.25) is 0 Å². The topological polar surface area (TPSA) is 68.1 Å². The zero-order valence-electron chi connectivity index (χ0n) is 13.6. The average molecular weight is 330 g/mol. The van der Waals surface area contributed by atoms with Gasteiger partial charge in [0.25, 0.3) is 5.91 Å². The van der Waals surface area contributed by atoms with Crippen molar-refractivity contribution in [1.29, 1.82) is 0 Å². The molecule has 2 aliphatic rings. The van der Waals surface area contributed by atoms with Gasteiger partial charge in [0.05, 0.1) is 19.3 Å². The van der Waals surface area contributed by atoms with Crippen molar-refractivity contribution in [3.63, 3.8) is 0 Å². The molecule has 2 aromatic heterocycles. The zero-order valence-corrected chi connectivity index (χ0v) is 13.6. The summed E-state index contributed by atoms with van der Waals surface area (Å²) in [5.41, 5.74) is 0.810. The molecule has 7 nitrogen and oxygen atoms in total. The molecule has 0 saturated carbocycles. The van der Waals surface area contributed by atoms with Crippen LogP contribution in [-0.4, -0.2) is 65.2 Å². The number of rotatable bonds is 4. The summed E-state index contributed by atoms with van der Waals surface area (Å²) in [5, 5.41) is 2.96. The maximum atomic E-state index is 12.5. The first kappa shape index (κ1) is 15.6. The first-order valence-electron chi connectivity index (χ1n) is 8.48. The van der Waals surface area contributed by atoms with Gasteiger partial charge in [-0.1, -0.05) is 6.07 Å². The Morgan fingerprint density at radius 3 is 3.04 bits per heavy atom. The van der Waals surface area contributed by atoms with Crippen LogP contribution < -0.4 is 5.32 Å². The molecule has 128 valence electrons. The Balaban J connectivity index is 1.34. The number of fused-ring (bicyclic) bond motifs is 1. The summed E-state index contributed by atoms with van der Waals surface area (Å²) >= 11 is 0. The van der Waals surface area contributed by atoms with Crippen LogP contribution in [0, 0.1) is 0 Å². The smallest absolute Gasteiger partial charge is 0.254 e. The molecular weight excluding hydrogens is 308 g/mol. The molecule has 0 aliphatic carbocycles. The fourth-order valence-electron chi connectivity index (χ4n) is 3.36. The van der Waals surface area contributed by atoms with E-state index in [1.165, 1.54) is 0 Å². The number of morpholine rings is 1. The van der Waals surface area contributed by atoms with Crippen molar-refractivity contribution >= 4 is 17.4 Å². The Morgan fingerprint density at radius 1 is 1.29 bits per heavy atom. The van der Waals surface area contributed by atoms with E-state index in [9.17, 15) is 4.79 Å². The van der Waals surface area contributed by atoms with E-state index in [0.29, 0.717) is 0 Å². The fraction of sp³-hybridized carbons (Fsp3) is 0.529. The number of pyridine rings is 1. The van der Waals surface area contributed by atoms with Crippen molar-refractivity contribution in [2.75, 3.05) is 38.2 Å². The lowest BCUT2D eigenvalue weighted by molar-refractivity contribution is -0.127. The van der Waals surface area contributed by atoms with Gasteiger partial charge in [-0.25, -0.2) is 4.98 Å². The quantitative estimate of drug-likeness (QED) is 0.911. The van der Waals surface area contributed by atoms with Crippen molar-refractivity contribution < 1.29 is 14.3 Å². The predicted octanol–water partition coefficient (Wildman–Crippen LogP) is 1.15. The van der Waals surface area contributed by atoms with Gasteiger partial charge in [-0.05, 0) is 25.0 Å². The number of aromatic nitrogens is 2. The third-order valence-corrected chi connectivity index (χ3v) is 4.65. The second-order valence-electron chi connectivity index (χ2n) is 6.29. The zero-order chi connectivity index (χ0) is 16.4. The molecule has 4 rings (SSSR count). The number of nitrogens with one attached hydrogen (secondary N) is 1. The van der Waals surface area contributed by atoms with Crippen LogP contribution >= 0.6 is 0 Å². The van der Waals surface area contributed by atoms with E-state index in [2.05, 4.69) is 15.2 Å². The van der Waals surface area contributed by atoms with Gasteiger partial charge in [0.15, 0.2) is 0 Å². The molecule has 4 heterocycles. The van der Waals surface area contributed by atoms with E-state index in [-0.39, 0.29) is 18.1 Å². The number of nitrogens with zero attached hydrogens (tertiary/aromatic N) is 3. The minimum absolute atomic E-state index is 0.0827. The highest BCUT2D eigenvalue weighted by atomic mass is 16.5. The van der Waals surface area contributed by atoms with Gasteiger partial charge in [0, 0.05) is 32.0 Å². The molecule has 0 radical (unpaired) electrons. The van der Waals surface area contributed by atoms with Crippen LogP contribution in [0.25, 0.3) is 5.65 Å². The van der Waals surface area contributed by atoms with Crippen LogP contribution in [0.3, 0.4) is 0 Å². The molecule has 2 fully saturated rings. The first-order chi connectivity index (χ1) is 11.8. The maximum absolute atomic E-state index is 12.5. The van der Waals surface area contributed by atoms with Gasteiger partial charge in [-0.3, -0.25) is 14.1 Å². The summed E-state index contributed by atoms with van der Waals surface area (Å²) in [6.07, 6.45) is 4.99. The van der Waals surface area contributed by atoms with Crippen LogP contribution in [0.5, 0.6) is 0 Å². The maximum Gasteiger partial charge on any atom is 0.254 e. The number of anilines is 1. The SMILES string of the molecule is O=C(Nc1cccc2nccn12)[C@@H]1CC[C@H](CN2CCOCC2)O1. The predicted molar refractivity (Wildman–Crippen MR) is 89.0 cm³/mol. The third-order valence-electron chi connectivity index (χ3n) is 4.65. The van der Waals surface area contributed by atoms with Crippen molar-refractivity contribution in [1.82, 2.24) is 14.3 Å². The highest BCUT2D eigenvalue weighted by molar-refractivity contribution is 5.93. The number of carbonyl (C=O) groups excluding carboxylic acids is 1. The Bertz CT molecular complexity index is 711. The fourth-order valence-corrected chi connectivity index (χ4v) is 3.36. The minimum Gasteiger partial charge on any atom is -0.379 e. The molecular formula is C17H22N4O3. The number of ether oxygens (including phenoxy) is 2. The van der Waals surface area contributed by atoms with Crippen molar-refractivity contribution in [3.05, 3.63) is 30.6 Å². The van der Waals surface area contributed by atoms with E-state index in [4.69, 9.17) is 9.47 Å². The molecule has 2 aliphatic heterocycles. The summed E-state index contributed by atoms with van der Waals surface area (Å²) < 4.78 is 13.2. The van der Waals surface area contributed by atoms with E-state index < -0.39 is 0 Å². The van der Waals surface area contributed by atoms with Gasteiger partial charge in [0.1, 0.15) is 17.6 Å². The summed E-state index contributed by atoms with van der Waals surface area (Å²) in [7, 11) is 0. The van der Waals surface area contributed by atoms with Crippen LogP contribution in [0.4, 0.5) is 5.82 Å². The van der Waals surface area contributed by atoms with E-state index in [1.807, 2.05) is 28.8 Å². The molecule has 2 saturated heterocycles. The van der Waals surface area contributed by atoms with Crippen molar-refractivity contribution in [2.45, 2.75) is 25.0 Å². The number of hydrogen-bond donors (Lipinski definition) is 1. The van der Waals surface area contributed by atoms with E-state index in [0.717, 1.165) is 57.2 Å². The molecule has 2 aromatic rings. The number of hydrogen-bond acceptors (Lipinski definition) is 5. The van der Waals surface area contributed by atoms with E-state index in [1.54, 1.807) is 6.20 Å². The molecule has 1 amide bonds. The molecule has 2 atom stereocenters. The Morgan fingerprint density at radius 2 is 2.17 bits per heavy atom. The van der Waals surface area contributed by atoms with Gasteiger partial charge < -0.3 is 14.8 Å². The van der Waals surface area contributed by atoms with Crippen LogP contribution in [0.1, 0.15) is 12.8 Å². The highest BCUT2D eigenvalue weighted by Gasteiger charge is 2.32. The average Bonchev–Trinajstić information content (AvgIpc) is 3.25. The molecule has 24 heavy (non-hydrogen) atoms. The summed E-state index contributed by atoms with van der Waals surface area (Å²) in [6.45, 7) is 4.33. The largest absolute Gasteiger partial charge is 0.379 e. The lowest BCUT2D eigenvalue weighted by Crippen LogP contribution is -2.41. The summed E-state index contributed by atoms with van der Waals surface area (Å²) in [6, 6.07) is 5.65. The molecule has 0 spiro atoms.